The van der Waals surface area contributed by atoms with Crippen molar-refractivity contribution in [3.63, 3.8) is 0 Å². The van der Waals surface area contributed by atoms with E-state index in [1.54, 1.807) is 0 Å². The summed E-state index contributed by atoms with van der Waals surface area (Å²) in [6, 6.07) is 3.90. The van der Waals surface area contributed by atoms with Crippen molar-refractivity contribution in [3.05, 3.63) is 34.0 Å². The van der Waals surface area contributed by atoms with E-state index in [0.29, 0.717) is 16.4 Å². The van der Waals surface area contributed by atoms with Crippen molar-refractivity contribution in [3.8, 4) is 0 Å². The van der Waals surface area contributed by atoms with Crippen molar-refractivity contribution >= 4 is 28.2 Å². The molecule has 0 bridgehead atoms. The molecule has 0 radical (unpaired) electrons. The quantitative estimate of drug-likeness (QED) is 0.785. The second kappa shape index (κ2) is 8.25. The summed E-state index contributed by atoms with van der Waals surface area (Å²) in [7, 11) is 0. The van der Waals surface area contributed by atoms with Crippen LogP contribution >= 0.6 is 11.3 Å². The number of thiophene rings is 1. The number of anilines is 1. The molecule has 0 aliphatic carbocycles. The first-order valence-electron chi connectivity index (χ1n) is 9.18. The highest BCUT2D eigenvalue weighted by Gasteiger charge is 2.23. The van der Waals surface area contributed by atoms with Crippen molar-refractivity contribution in [1.29, 1.82) is 0 Å². The van der Waals surface area contributed by atoms with E-state index in [4.69, 9.17) is 0 Å². The van der Waals surface area contributed by atoms with Crippen LogP contribution in [0.3, 0.4) is 0 Å². The average molecular weight is 391 g/mol. The maximum Gasteiger partial charge on any atom is 0.261 e. The van der Waals surface area contributed by atoms with Crippen molar-refractivity contribution in [2.24, 2.45) is 11.3 Å². The summed E-state index contributed by atoms with van der Waals surface area (Å²) in [6.07, 6.45) is 0. The Bertz CT molecular complexity index is 830. The summed E-state index contributed by atoms with van der Waals surface area (Å²) in [5.74, 6) is 0.0930. The van der Waals surface area contributed by atoms with Crippen molar-refractivity contribution < 1.29 is 9.59 Å². The molecule has 0 spiro atoms. The summed E-state index contributed by atoms with van der Waals surface area (Å²) in [5, 5.41) is 11.1. The smallest absolute Gasteiger partial charge is 0.261 e. The second-order valence-corrected chi connectivity index (χ2v) is 9.30. The van der Waals surface area contributed by atoms with Gasteiger partial charge in [-0.05, 0) is 44.4 Å². The Labute approximate surface area is 165 Å². The van der Waals surface area contributed by atoms with Gasteiger partial charge in [0.25, 0.3) is 5.91 Å². The van der Waals surface area contributed by atoms with Crippen LogP contribution in [0, 0.1) is 32.1 Å². The minimum atomic E-state index is -0.473. The lowest BCUT2D eigenvalue weighted by Gasteiger charge is -2.16. The van der Waals surface area contributed by atoms with Gasteiger partial charge < -0.3 is 10.6 Å². The van der Waals surface area contributed by atoms with E-state index >= 15 is 0 Å². The largest absolute Gasteiger partial charge is 0.351 e. The molecule has 1 atom stereocenters. The number of nitrogens with zero attached hydrogens (tertiary/aromatic N) is 2. The third-order valence-corrected chi connectivity index (χ3v) is 5.39. The average Bonchev–Trinajstić information content (AvgIpc) is 3.06. The molecule has 6 nitrogen and oxygen atoms in total. The molecule has 27 heavy (non-hydrogen) atoms. The third kappa shape index (κ3) is 5.66. The van der Waals surface area contributed by atoms with E-state index in [9.17, 15) is 9.59 Å². The zero-order valence-corrected chi connectivity index (χ0v) is 18.1. The molecule has 0 aromatic carbocycles. The normalized spacial score (nSPS) is 12.7. The van der Waals surface area contributed by atoms with Crippen LogP contribution in [0.5, 0.6) is 0 Å². The highest BCUT2D eigenvalue weighted by Crippen LogP contribution is 2.28. The third-order valence-electron chi connectivity index (χ3n) is 4.24. The number of rotatable bonds is 6. The Morgan fingerprint density at radius 2 is 1.89 bits per heavy atom. The lowest BCUT2D eigenvalue weighted by atomic mass is 9.96. The summed E-state index contributed by atoms with van der Waals surface area (Å²) in [5.41, 5.74) is 2.52. The standard InChI is InChI=1S/C20H30N4O2S/c1-12(11-24-15(4)9-14(3)23-24)10-21-18(25)17-13(2)8-16(27-17)22-19(26)20(5,6)7/h8-9,12H,10-11H2,1-7H3,(H,21,25)(H,22,26). The molecule has 2 aromatic rings. The van der Waals surface area contributed by atoms with Gasteiger partial charge in [-0.2, -0.15) is 5.10 Å². The van der Waals surface area contributed by atoms with E-state index in [-0.39, 0.29) is 17.7 Å². The van der Waals surface area contributed by atoms with Gasteiger partial charge in [0.05, 0.1) is 15.6 Å². The van der Waals surface area contributed by atoms with Crippen LogP contribution in [0.2, 0.25) is 0 Å². The van der Waals surface area contributed by atoms with Crippen molar-refractivity contribution in [2.45, 2.75) is 55.0 Å². The number of carbonyl (C=O) groups is 2. The predicted molar refractivity (Wildman–Crippen MR) is 110 cm³/mol. The fraction of sp³-hybridized carbons (Fsp3) is 0.550. The molecule has 2 amide bonds. The first-order chi connectivity index (χ1) is 12.5. The van der Waals surface area contributed by atoms with Crippen LogP contribution in [0.4, 0.5) is 5.00 Å². The highest BCUT2D eigenvalue weighted by atomic mass is 32.1. The zero-order valence-electron chi connectivity index (χ0n) is 17.3. The second-order valence-electron chi connectivity index (χ2n) is 8.25. The molecule has 0 aliphatic rings. The lowest BCUT2D eigenvalue weighted by Crippen LogP contribution is -2.30. The number of amides is 2. The van der Waals surface area contributed by atoms with Gasteiger partial charge in [-0.1, -0.05) is 27.7 Å². The summed E-state index contributed by atoms with van der Waals surface area (Å²) >= 11 is 1.31. The topological polar surface area (TPSA) is 76.0 Å². The summed E-state index contributed by atoms with van der Waals surface area (Å²) < 4.78 is 1.97. The van der Waals surface area contributed by atoms with Gasteiger partial charge in [-0.25, -0.2) is 0 Å². The van der Waals surface area contributed by atoms with Gasteiger partial charge in [-0.15, -0.1) is 11.3 Å². The van der Waals surface area contributed by atoms with Gasteiger partial charge in [0.1, 0.15) is 0 Å². The Morgan fingerprint density at radius 1 is 1.22 bits per heavy atom. The van der Waals surface area contributed by atoms with Crippen LogP contribution in [-0.4, -0.2) is 28.1 Å². The predicted octanol–water partition coefficient (Wildman–Crippen LogP) is 3.92. The Morgan fingerprint density at radius 3 is 2.44 bits per heavy atom. The molecule has 2 heterocycles. The SMILES string of the molecule is Cc1cc(C)n(CC(C)CNC(=O)c2sc(NC(=O)C(C)(C)C)cc2C)n1. The minimum Gasteiger partial charge on any atom is -0.351 e. The molecule has 0 saturated heterocycles. The first kappa shape index (κ1) is 21.2. The van der Waals surface area contributed by atoms with Gasteiger partial charge in [0.15, 0.2) is 0 Å². The molecule has 2 rings (SSSR count). The van der Waals surface area contributed by atoms with E-state index in [0.717, 1.165) is 23.5 Å². The number of aromatic nitrogens is 2. The summed E-state index contributed by atoms with van der Waals surface area (Å²) in [4.78, 5) is 25.3. The Hall–Kier alpha value is -2.15. The molecule has 2 aromatic heterocycles. The van der Waals surface area contributed by atoms with Crippen LogP contribution in [0.1, 0.15) is 54.3 Å². The molecular weight excluding hydrogens is 360 g/mol. The van der Waals surface area contributed by atoms with E-state index in [1.807, 2.05) is 58.4 Å². The van der Waals surface area contributed by atoms with E-state index < -0.39 is 5.41 Å². The van der Waals surface area contributed by atoms with Gasteiger partial charge in [-0.3, -0.25) is 14.3 Å². The molecule has 0 aliphatic heterocycles. The van der Waals surface area contributed by atoms with Crippen molar-refractivity contribution in [2.75, 3.05) is 11.9 Å². The van der Waals surface area contributed by atoms with Crippen LogP contribution in [0.15, 0.2) is 12.1 Å². The Kier molecular flexibility index (Phi) is 6.46. The monoisotopic (exact) mass is 390 g/mol. The molecule has 1 unspecified atom stereocenters. The van der Waals surface area contributed by atoms with E-state index in [2.05, 4.69) is 22.7 Å². The molecule has 7 heteroatoms. The number of aryl methyl sites for hydroxylation is 3. The van der Waals surface area contributed by atoms with Crippen molar-refractivity contribution in [1.82, 2.24) is 15.1 Å². The highest BCUT2D eigenvalue weighted by molar-refractivity contribution is 7.18. The summed E-state index contributed by atoms with van der Waals surface area (Å²) in [6.45, 7) is 14.9. The van der Waals surface area contributed by atoms with Crippen LogP contribution in [0.25, 0.3) is 0 Å². The molecule has 2 N–H and O–H groups in total. The molecular formula is C20H30N4O2S. The number of hydrogen-bond acceptors (Lipinski definition) is 4. The maximum absolute atomic E-state index is 12.6. The molecule has 148 valence electrons. The molecule has 0 fully saturated rings. The van der Waals surface area contributed by atoms with Gasteiger partial charge >= 0.3 is 0 Å². The number of hydrogen-bond donors (Lipinski definition) is 2. The van der Waals surface area contributed by atoms with Gasteiger partial charge in [0.2, 0.25) is 5.91 Å². The first-order valence-corrected chi connectivity index (χ1v) is 10.00. The van der Waals surface area contributed by atoms with Crippen LogP contribution < -0.4 is 10.6 Å². The lowest BCUT2D eigenvalue weighted by molar-refractivity contribution is -0.123. The molecule has 0 saturated carbocycles. The fourth-order valence-corrected chi connectivity index (χ4v) is 3.62. The minimum absolute atomic E-state index is 0.0609. The van der Waals surface area contributed by atoms with E-state index in [1.165, 1.54) is 11.3 Å². The zero-order chi connectivity index (χ0) is 20.4. The Balaban J connectivity index is 1.94. The number of carbonyl (C=O) groups excluding carboxylic acids is 2. The fourth-order valence-electron chi connectivity index (χ4n) is 2.64. The number of nitrogens with one attached hydrogen (secondary N) is 2. The van der Waals surface area contributed by atoms with Crippen LogP contribution in [-0.2, 0) is 11.3 Å². The maximum atomic E-state index is 12.6. The van der Waals surface area contributed by atoms with Gasteiger partial charge in [0, 0.05) is 24.2 Å².